The van der Waals surface area contributed by atoms with E-state index in [1.165, 1.54) is 15.9 Å². The van der Waals surface area contributed by atoms with Crippen molar-refractivity contribution in [1.82, 2.24) is 0 Å². The third-order valence-corrected chi connectivity index (χ3v) is 10.3. The summed E-state index contributed by atoms with van der Waals surface area (Å²) in [6.45, 7) is 0. The van der Waals surface area contributed by atoms with Crippen LogP contribution >= 0.6 is 23.2 Å². The Morgan fingerprint density at radius 2 is 1.10 bits per heavy atom. The Morgan fingerprint density at radius 3 is 1.50 bits per heavy atom. The fourth-order valence-corrected chi connectivity index (χ4v) is 8.65. The Hall–Kier alpha value is -2.24. The lowest BCUT2D eigenvalue weighted by molar-refractivity contribution is -0.00000574. The van der Waals surface area contributed by atoms with E-state index in [2.05, 4.69) is 113 Å². The predicted octanol–water partition coefficient (Wildman–Crippen LogP) is 2.82. The number of halogens is 2. The number of rotatable bonds is 5. The highest BCUT2D eigenvalue weighted by Crippen LogP contribution is 2.58. The lowest BCUT2D eigenvalue weighted by atomic mass is 10.2. The molecule has 0 radical (unpaired) electrons. The monoisotopic (exact) mass is 535 g/mol. The minimum atomic E-state index is -1.97. The van der Waals surface area contributed by atoms with Crippen LogP contribution in [0.1, 0.15) is 11.1 Å². The van der Waals surface area contributed by atoms with Crippen molar-refractivity contribution in [2.24, 2.45) is 0 Å². The first kappa shape index (κ1) is 22.4. The van der Waals surface area contributed by atoms with E-state index in [-0.39, 0.29) is 17.0 Å². The molecule has 4 heteroatoms. The van der Waals surface area contributed by atoms with Gasteiger partial charge in [0.1, 0.15) is 23.2 Å². The summed E-state index contributed by atoms with van der Waals surface area (Å²) in [5.74, 6) is 0. The summed E-state index contributed by atoms with van der Waals surface area (Å²) in [4.78, 5) is 0. The van der Waals surface area contributed by atoms with E-state index < -0.39 is 7.26 Å². The molecule has 0 bridgehead atoms. The highest BCUT2D eigenvalue weighted by atomic mass is 79.9. The molecule has 0 atom stereocenters. The van der Waals surface area contributed by atoms with Crippen LogP contribution in [0.4, 0.5) is 0 Å². The van der Waals surface area contributed by atoms with Gasteiger partial charge in [-0.15, -0.1) is 0 Å². The van der Waals surface area contributed by atoms with Gasteiger partial charge >= 0.3 is 0 Å². The molecule has 0 fully saturated rings. The van der Waals surface area contributed by atoms with Gasteiger partial charge in [-0.05, 0) is 54.6 Å². The van der Waals surface area contributed by atoms with E-state index in [0.29, 0.717) is 5.56 Å². The molecule has 0 N–H and O–H groups in total. The van der Waals surface area contributed by atoms with Crippen LogP contribution in [0.5, 0.6) is 0 Å². The zero-order valence-electron chi connectivity index (χ0n) is 16.2. The Morgan fingerprint density at radius 1 is 0.667 bits per heavy atom. The smallest absolute Gasteiger partial charge is 0.116 e. The van der Waals surface area contributed by atoms with Gasteiger partial charge in [0.05, 0.1) is 17.8 Å². The molecule has 0 aromatic heterocycles. The third kappa shape index (κ3) is 4.42. The average Bonchev–Trinajstić information content (AvgIpc) is 2.80. The summed E-state index contributed by atoms with van der Waals surface area (Å²) in [5.41, 5.74) is 1.85. The summed E-state index contributed by atoms with van der Waals surface area (Å²) in [6, 6.07) is 40.6. The van der Waals surface area contributed by atoms with Crippen molar-refractivity contribution in [3.8, 4) is 6.07 Å². The number of hydrogen-bond donors (Lipinski definition) is 0. The zero-order valence-corrected chi connectivity index (χ0v) is 20.3. The number of benzene rings is 4. The molecule has 0 amide bonds. The average molecular weight is 537 g/mol. The molecule has 0 heterocycles. The fourth-order valence-electron chi connectivity index (χ4n) is 3.79. The van der Waals surface area contributed by atoms with Gasteiger partial charge in [-0.1, -0.05) is 70.5 Å². The molecule has 4 aromatic carbocycles. The van der Waals surface area contributed by atoms with Gasteiger partial charge in [0.2, 0.25) is 0 Å². The van der Waals surface area contributed by atoms with Crippen LogP contribution in [-0.2, 0) is 6.16 Å². The van der Waals surface area contributed by atoms with Crippen molar-refractivity contribution in [3.05, 3.63) is 125 Å². The van der Waals surface area contributed by atoms with E-state index in [1.807, 2.05) is 18.2 Å². The Bertz CT molecular complexity index is 1040. The summed E-state index contributed by atoms with van der Waals surface area (Å²) < 4.78 is 1.05. The number of hydrogen-bond acceptors (Lipinski definition) is 1. The maximum absolute atomic E-state index is 9.45. The van der Waals surface area contributed by atoms with Crippen molar-refractivity contribution in [3.63, 3.8) is 0 Å². The van der Waals surface area contributed by atoms with E-state index in [9.17, 15) is 5.26 Å². The Labute approximate surface area is 197 Å². The number of nitriles is 1. The molecular formula is C26H20Br2NP. The van der Waals surface area contributed by atoms with Gasteiger partial charge in [-0.25, -0.2) is 0 Å². The molecule has 4 aromatic rings. The maximum Gasteiger partial charge on any atom is 0.116 e. The van der Waals surface area contributed by atoms with Gasteiger partial charge in [0.15, 0.2) is 0 Å². The zero-order chi connectivity index (χ0) is 20.1. The van der Waals surface area contributed by atoms with Crippen molar-refractivity contribution in [1.29, 1.82) is 5.26 Å². The molecule has 0 saturated heterocycles. The van der Waals surface area contributed by atoms with Crippen molar-refractivity contribution in [2.45, 2.75) is 6.16 Å². The van der Waals surface area contributed by atoms with E-state index in [0.717, 1.165) is 16.2 Å². The molecule has 0 unspecified atom stereocenters. The van der Waals surface area contributed by atoms with Gasteiger partial charge in [-0.2, -0.15) is 5.26 Å². The topological polar surface area (TPSA) is 23.8 Å². The SMILES string of the molecule is N#Cc1ccc(Br)c(C[P+](c2ccccc2)(c2ccccc2)c2ccccc2)c1.[Br-]. The highest BCUT2D eigenvalue weighted by Gasteiger charge is 2.45. The van der Waals surface area contributed by atoms with Gasteiger partial charge < -0.3 is 17.0 Å². The largest absolute Gasteiger partial charge is 1.00 e. The lowest BCUT2D eigenvalue weighted by Crippen LogP contribution is -3.00. The standard InChI is InChI=1S/C26H20BrNP.BrH/c27-26-17-16-21(19-28)18-22(26)20-29(23-10-4-1-5-11-23,24-12-6-2-7-13-24)25-14-8-3-9-15-25;/h1-18H,20H2;1H/q+1;/p-1. The Kier molecular flexibility index (Phi) is 7.62. The van der Waals surface area contributed by atoms with Crippen LogP contribution in [0.15, 0.2) is 114 Å². The summed E-state index contributed by atoms with van der Waals surface area (Å²) in [5, 5.41) is 13.5. The lowest BCUT2D eigenvalue weighted by Gasteiger charge is -2.28. The molecule has 1 nitrogen and oxygen atoms in total. The third-order valence-electron chi connectivity index (χ3n) is 5.17. The van der Waals surface area contributed by atoms with Crippen LogP contribution in [-0.4, -0.2) is 0 Å². The number of nitrogens with zero attached hydrogens (tertiary/aromatic N) is 1. The van der Waals surface area contributed by atoms with Gasteiger partial charge in [-0.3, -0.25) is 0 Å². The summed E-state index contributed by atoms with van der Waals surface area (Å²) in [6.07, 6.45) is 0.848. The minimum absolute atomic E-state index is 0. The second-order valence-corrected chi connectivity index (χ2v) is 11.2. The molecule has 0 spiro atoms. The van der Waals surface area contributed by atoms with Crippen molar-refractivity contribution < 1.29 is 17.0 Å². The van der Waals surface area contributed by atoms with Crippen molar-refractivity contribution >= 4 is 39.1 Å². The molecule has 0 aliphatic carbocycles. The first-order valence-corrected chi connectivity index (χ1v) is 12.2. The quantitative estimate of drug-likeness (QED) is 0.360. The molecule has 0 saturated carbocycles. The minimum Gasteiger partial charge on any atom is -1.00 e. The van der Waals surface area contributed by atoms with Crippen LogP contribution in [0.2, 0.25) is 0 Å². The first-order chi connectivity index (χ1) is 14.2. The summed E-state index contributed by atoms with van der Waals surface area (Å²) in [7, 11) is -1.97. The second-order valence-electron chi connectivity index (χ2n) is 6.89. The maximum atomic E-state index is 9.45. The molecule has 4 rings (SSSR count). The molecule has 0 aliphatic heterocycles. The van der Waals surface area contributed by atoms with E-state index >= 15 is 0 Å². The van der Waals surface area contributed by atoms with E-state index in [4.69, 9.17) is 0 Å². The van der Waals surface area contributed by atoms with Crippen LogP contribution < -0.4 is 32.9 Å². The van der Waals surface area contributed by atoms with Crippen LogP contribution in [0, 0.1) is 11.3 Å². The molecule has 0 aliphatic rings. The summed E-state index contributed by atoms with van der Waals surface area (Å²) >= 11 is 3.74. The van der Waals surface area contributed by atoms with Crippen LogP contribution in [0.25, 0.3) is 0 Å². The fraction of sp³-hybridized carbons (Fsp3) is 0.0385. The highest BCUT2D eigenvalue weighted by molar-refractivity contribution is 9.10. The molecule has 148 valence electrons. The molecule has 30 heavy (non-hydrogen) atoms. The van der Waals surface area contributed by atoms with Crippen LogP contribution in [0.3, 0.4) is 0 Å². The predicted molar refractivity (Wildman–Crippen MR) is 128 cm³/mol. The first-order valence-electron chi connectivity index (χ1n) is 9.47. The van der Waals surface area contributed by atoms with Gasteiger partial charge in [0.25, 0.3) is 0 Å². The van der Waals surface area contributed by atoms with E-state index in [1.54, 1.807) is 0 Å². The van der Waals surface area contributed by atoms with Gasteiger partial charge in [0, 0.05) is 10.0 Å². The van der Waals surface area contributed by atoms with Crippen molar-refractivity contribution in [2.75, 3.05) is 0 Å². The Balaban J connectivity index is 0.00000256. The molecular weight excluding hydrogens is 517 g/mol. The second kappa shape index (κ2) is 10.2. The normalized spacial score (nSPS) is 10.7.